The normalized spacial score (nSPS) is 16.2. The van der Waals surface area contributed by atoms with Crippen LogP contribution in [0.3, 0.4) is 0 Å². The summed E-state index contributed by atoms with van der Waals surface area (Å²) in [7, 11) is 0. The summed E-state index contributed by atoms with van der Waals surface area (Å²) in [6.45, 7) is 2.35. The minimum absolute atomic E-state index is 0.0579. The molecule has 0 amide bonds. The van der Waals surface area contributed by atoms with Crippen molar-refractivity contribution in [2.45, 2.75) is 31.9 Å². The number of aromatic carboxylic acids is 1. The van der Waals surface area contributed by atoms with Crippen molar-refractivity contribution < 1.29 is 28.2 Å². The van der Waals surface area contributed by atoms with Crippen LogP contribution in [0.15, 0.2) is 47.4 Å². The van der Waals surface area contributed by atoms with Gasteiger partial charge in [-0.2, -0.15) is 0 Å². The maximum Gasteiger partial charge on any atom is 0.341 e. The van der Waals surface area contributed by atoms with Crippen molar-refractivity contribution in [3.05, 3.63) is 75.6 Å². The van der Waals surface area contributed by atoms with Gasteiger partial charge in [0.25, 0.3) is 0 Å². The van der Waals surface area contributed by atoms with Gasteiger partial charge in [0.2, 0.25) is 5.43 Å². The van der Waals surface area contributed by atoms with E-state index < -0.39 is 28.6 Å². The van der Waals surface area contributed by atoms with Crippen molar-refractivity contribution in [2.24, 2.45) is 0 Å². The van der Waals surface area contributed by atoms with E-state index in [1.54, 1.807) is 4.90 Å². The number of anilines is 1. The smallest absolute Gasteiger partial charge is 0.341 e. The van der Waals surface area contributed by atoms with Crippen LogP contribution < -0.4 is 10.3 Å². The highest BCUT2D eigenvalue weighted by Gasteiger charge is 2.31. The Bertz CT molecular complexity index is 1400. The molecule has 37 heavy (non-hydrogen) atoms. The first-order valence-electron chi connectivity index (χ1n) is 12.3. The molecule has 2 aliphatic rings. The number of aromatic nitrogens is 1. The standard InChI is InChI=1S/C27H27F2N3O5/c28-21-14-19-24(32(18-6-7-18)15-20(26(19)34)27(35)36)23(29)25(21)31-12-10-30(11-13-31)9-8-22(33)37-16-17-4-2-1-3-5-17/h1-5,14-15,18H,6-13,16H2,(H,35,36). The van der Waals surface area contributed by atoms with Crippen LogP contribution in [0, 0.1) is 11.6 Å². The summed E-state index contributed by atoms with van der Waals surface area (Å²) in [5, 5.41) is 9.13. The van der Waals surface area contributed by atoms with Gasteiger partial charge in [-0.15, -0.1) is 0 Å². The third kappa shape index (κ3) is 5.20. The molecule has 2 heterocycles. The average molecular weight is 512 g/mol. The van der Waals surface area contributed by atoms with Gasteiger partial charge < -0.3 is 19.3 Å². The number of piperazine rings is 1. The van der Waals surface area contributed by atoms with Gasteiger partial charge >= 0.3 is 11.9 Å². The van der Waals surface area contributed by atoms with Gasteiger partial charge in [-0.05, 0) is 24.5 Å². The lowest BCUT2D eigenvalue weighted by atomic mass is 10.1. The number of carboxylic acid groups (broad SMARTS) is 1. The van der Waals surface area contributed by atoms with Crippen LogP contribution >= 0.6 is 0 Å². The lowest BCUT2D eigenvalue weighted by Gasteiger charge is -2.36. The third-order valence-corrected chi connectivity index (χ3v) is 6.92. The zero-order chi connectivity index (χ0) is 26.1. The van der Waals surface area contributed by atoms with Gasteiger partial charge in [0.05, 0.1) is 17.3 Å². The molecule has 1 aromatic heterocycles. The Morgan fingerprint density at radius 1 is 1.05 bits per heavy atom. The van der Waals surface area contributed by atoms with Crippen LogP contribution in [0.4, 0.5) is 14.5 Å². The number of carbonyl (C=O) groups is 2. The molecule has 8 nitrogen and oxygen atoms in total. The second kappa shape index (κ2) is 10.3. The van der Waals surface area contributed by atoms with Crippen LogP contribution in [0.1, 0.15) is 41.2 Å². The van der Waals surface area contributed by atoms with Crippen LogP contribution in [-0.2, 0) is 16.1 Å². The number of hydrogen-bond acceptors (Lipinski definition) is 6. The molecule has 1 N–H and O–H groups in total. The Kier molecular flexibility index (Phi) is 6.92. The highest BCUT2D eigenvalue weighted by molar-refractivity contribution is 5.94. The molecule has 0 bridgehead atoms. The van der Waals surface area contributed by atoms with Gasteiger partial charge in [0.15, 0.2) is 5.82 Å². The van der Waals surface area contributed by atoms with Crippen molar-refractivity contribution in [1.29, 1.82) is 0 Å². The van der Waals surface area contributed by atoms with E-state index in [1.807, 2.05) is 35.2 Å². The molecule has 1 saturated heterocycles. The molecule has 2 aromatic carbocycles. The monoisotopic (exact) mass is 511 g/mol. The Morgan fingerprint density at radius 2 is 1.76 bits per heavy atom. The zero-order valence-corrected chi connectivity index (χ0v) is 20.2. The summed E-state index contributed by atoms with van der Waals surface area (Å²) >= 11 is 0. The molecule has 194 valence electrons. The summed E-state index contributed by atoms with van der Waals surface area (Å²) in [6, 6.07) is 10.2. The van der Waals surface area contributed by atoms with Crippen molar-refractivity contribution in [2.75, 3.05) is 37.6 Å². The molecule has 3 aromatic rings. The molecule has 10 heteroatoms. The molecular formula is C27H27F2N3O5. The number of rotatable bonds is 8. The topological polar surface area (TPSA) is 92.1 Å². The van der Waals surface area contributed by atoms with E-state index >= 15 is 8.78 Å². The van der Waals surface area contributed by atoms with E-state index in [0.717, 1.165) is 24.5 Å². The number of nitrogens with zero attached hydrogens (tertiary/aromatic N) is 3. The van der Waals surface area contributed by atoms with Gasteiger partial charge in [-0.1, -0.05) is 30.3 Å². The van der Waals surface area contributed by atoms with Crippen molar-refractivity contribution >= 4 is 28.5 Å². The average Bonchev–Trinajstić information content (AvgIpc) is 3.73. The Balaban J connectivity index is 1.27. The first-order valence-corrected chi connectivity index (χ1v) is 12.3. The second-order valence-corrected chi connectivity index (χ2v) is 9.46. The molecule has 1 saturated carbocycles. The number of fused-ring (bicyclic) bond motifs is 1. The minimum Gasteiger partial charge on any atom is -0.477 e. The van der Waals surface area contributed by atoms with Crippen LogP contribution in [0.25, 0.3) is 10.9 Å². The molecule has 1 aliphatic heterocycles. The number of halogens is 2. The van der Waals surface area contributed by atoms with Crippen molar-refractivity contribution in [3.63, 3.8) is 0 Å². The fourth-order valence-electron chi connectivity index (χ4n) is 4.77. The van der Waals surface area contributed by atoms with E-state index in [0.29, 0.717) is 32.7 Å². The van der Waals surface area contributed by atoms with Gasteiger partial charge in [-0.3, -0.25) is 14.5 Å². The number of hydrogen-bond donors (Lipinski definition) is 1. The summed E-state index contributed by atoms with van der Waals surface area (Å²) in [6.07, 6.45) is 2.85. The first-order chi connectivity index (χ1) is 17.8. The molecule has 5 rings (SSSR count). The van der Waals surface area contributed by atoms with Gasteiger partial charge in [0, 0.05) is 45.0 Å². The number of carboxylic acids is 1. The SMILES string of the molecule is O=C(CCN1CCN(c2c(F)cc3c(=O)c(C(=O)O)cn(C4CC4)c3c2F)CC1)OCc1ccccc1. The molecular weight excluding hydrogens is 484 g/mol. The molecule has 0 radical (unpaired) electrons. The van der Waals surface area contributed by atoms with Crippen molar-refractivity contribution in [1.82, 2.24) is 9.47 Å². The van der Waals surface area contributed by atoms with E-state index in [2.05, 4.69) is 0 Å². The molecule has 0 atom stereocenters. The van der Waals surface area contributed by atoms with Crippen molar-refractivity contribution in [3.8, 4) is 0 Å². The predicted molar refractivity (Wildman–Crippen MR) is 133 cm³/mol. The highest BCUT2D eigenvalue weighted by atomic mass is 19.1. The summed E-state index contributed by atoms with van der Waals surface area (Å²) in [5.41, 5.74) is -0.756. The maximum absolute atomic E-state index is 15.8. The maximum atomic E-state index is 15.8. The largest absolute Gasteiger partial charge is 0.477 e. The van der Waals surface area contributed by atoms with Gasteiger partial charge in [0.1, 0.15) is 23.7 Å². The minimum atomic E-state index is -1.42. The Morgan fingerprint density at radius 3 is 2.41 bits per heavy atom. The zero-order valence-electron chi connectivity index (χ0n) is 20.2. The number of pyridine rings is 1. The summed E-state index contributed by atoms with van der Waals surface area (Å²) < 4.78 is 37.7. The summed E-state index contributed by atoms with van der Waals surface area (Å²) in [5.74, 6) is -3.48. The number of carbonyl (C=O) groups excluding carboxylic acids is 1. The number of esters is 1. The van der Waals surface area contributed by atoms with Crippen LogP contribution in [0.5, 0.6) is 0 Å². The van der Waals surface area contributed by atoms with E-state index in [4.69, 9.17) is 4.74 Å². The fraction of sp³-hybridized carbons (Fsp3) is 0.370. The highest BCUT2D eigenvalue weighted by Crippen LogP contribution is 2.39. The third-order valence-electron chi connectivity index (χ3n) is 6.92. The quantitative estimate of drug-likeness (QED) is 0.463. The van der Waals surface area contributed by atoms with E-state index in [1.165, 1.54) is 10.8 Å². The fourth-order valence-corrected chi connectivity index (χ4v) is 4.77. The molecule has 0 unspecified atom stereocenters. The molecule has 0 spiro atoms. The predicted octanol–water partition coefficient (Wildman–Crippen LogP) is 3.57. The molecule has 1 aliphatic carbocycles. The first kappa shape index (κ1) is 24.9. The van der Waals surface area contributed by atoms with Crippen LogP contribution in [0.2, 0.25) is 0 Å². The Labute approximate surface area is 211 Å². The lowest BCUT2D eigenvalue weighted by Crippen LogP contribution is -2.47. The van der Waals surface area contributed by atoms with E-state index in [9.17, 15) is 19.5 Å². The van der Waals surface area contributed by atoms with E-state index in [-0.39, 0.29) is 41.6 Å². The lowest BCUT2D eigenvalue weighted by molar-refractivity contribution is -0.145. The molecule has 2 fully saturated rings. The number of benzene rings is 2. The van der Waals surface area contributed by atoms with Crippen LogP contribution in [-0.4, -0.2) is 59.2 Å². The number of ether oxygens (including phenoxy) is 1. The van der Waals surface area contributed by atoms with Gasteiger partial charge in [-0.25, -0.2) is 13.6 Å². The Hall–Kier alpha value is -3.79. The summed E-state index contributed by atoms with van der Waals surface area (Å²) in [4.78, 5) is 40.0. The second-order valence-electron chi connectivity index (χ2n) is 9.46.